The number of amides is 1. The summed E-state index contributed by atoms with van der Waals surface area (Å²) >= 11 is 0. The smallest absolute Gasteiger partial charge is 0.246 e. The lowest BCUT2D eigenvalue weighted by Gasteiger charge is -2.35. The van der Waals surface area contributed by atoms with Gasteiger partial charge in [-0.2, -0.15) is 5.10 Å². The Morgan fingerprint density at radius 1 is 1.33 bits per heavy atom. The number of benzene rings is 1. The molecule has 0 aliphatic carbocycles. The van der Waals surface area contributed by atoms with Crippen LogP contribution in [0.1, 0.15) is 12.5 Å². The van der Waals surface area contributed by atoms with Crippen LogP contribution in [0, 0.1) is 0 Å². The molecule has 8 heteroatoms. The van der Waals surface area contributed by atoms with Gasteiger partial charge in [0.25, 0.3) is 0 Å². The SMILES string of the molecule is CCNC(=NCc1ccccc1OC)N1CCN(c2cnn(C)c2)C(=O)C1. The van der Waals surface area contributed by atoms with Crippen LogP contribution in [0.2, 0.25) is 0 Å². The van der Waals surface area contributed by atoms with Crippen molar-refractivity contribution in [3.63, 3.8) is 0 Å². The molecule has 1 aromatic carbocycles. The fraction of sp³-hybridized carbons (Fsp3) is 0.421. The van der Waals surface area contributed by atoms with Crippen LogP contribution in [0.3, 0.4) is 0 Å². The van der Waals surface area contributed by atoms with Gasteiger partial charge in [0.05, 0.1) is 25.5 Å². The predicted molar refractivity (Wildman–Crippen MR) is 105 cm³/mol. The molecular formula is C19H26N6O2. The molecule has 0 atom stereocenters. The van der Waals surface area contributed by atoms with Gasteiger partial charge in [-0.25, -0.2) is 4.99 Å². The summed E-state index contributed by atoms with van der Waals surface area (Å²) in [6.45, 7) is 4.84. The molecule has 2 heterocycles. The van der Waals surface area contributed by atoms with Gasteiger partial charge in [0.1, 0.15) is 12.3 Å². The number of para-hydroxylation sites is 1. The molecule has 0 radical (unpaired) electrons. The number of nitrogens with zero attached hydrogens (tertiary/aromatic N) is 5. The van der Waals surface area contributed by atoms with Crippen molar-refractivity contribution in [3.05, 3.63) is 42.2 Å². The van der Waals surface area contributed by atoms with E-state index in [-0.39, 0.29) is 12.5 Å². The topological polar surface area (TPSA) is 75.0 Å². The van der Waals surface area contributed by atoms with Crippen LogP contribution >= 0.6 is 0 Å². The van der Waals surface area contributed by atoms with Crippen molar-refractivity contribution in [3.8, 4) is 5.75 Å². The highest BCUT2D eigenvalue weighted by Gasteiger charge is 2.27. The van der Waals surface area contributed by atoms with E-state index >= 15 is 0 Å². The average molecular weight is 370 g/mol. The molecule has 27 heavy (non-hydrogen) atoms. The number of methoxy groups -OCH3 is 1. The molecule has 1 aliphatic rings. The third-order valence-electron chi connectivity index (χ3n) is 4.45. The van der Waals surface area contributed by atoms with E-state index in [1.54, 1.807) is 22.9 Å². The highest BCUT2D eigenvalue weighted by atomic mass is 16.5. The lowest BCUT2D eigenvalue weighted by Crippen LogP contribution is -2.55. The molecule has 0 unspecified atom stereocenters. The zero-order chi connectivity index (χ0) is 19.2. The normalized spacial score (nSPS) is 15.2. The molecule has 1 N–H and O–H groups in total. The molecule has 0 bridgehead atoms. The van der Waals surface area contributed by atoms with Gasteiger partial charge in [-0.05, 0) is 13.0 Å². The van der Waals surface area contributed by atoms with E-state index < -0.39 is 0 Å². The fourth-order valence-electron chi connectivity index (χ4n) is 3.09. The number of nitrogens with one attached hydrogen (secondary N) is 1. The van der Waals surface area contributed by atoms with Crippen molar-refractivity contribution < 1.29 is 9.53 Å². The second-order valence-corrected chi connectivity index (χ2v) is 6.32. The monoisotopic (exact) mass is 370 g/mol. The molecule has 1 aromatic heterocycles. The largest absolute Gasteiger partial charge is 0.496 e. The number of aryl methyl sites for hydroxylation is 1. The van der Waals surface area contributed by atoms with Crippen molar-refractivity contribution in [1.82, 2.24) is 20.0 Å². The van der Waals surface area contributed by atoms with Gasteiger partial charge in [-0.3, -0.25) is 9.48 Å². The molecule has 1 amide bonds. The molecule has 2 aromatic rings. The summed E-state index contributed by atoms with van der Waals surface area (Å²) in [6.07, 6.45) is 3.57. The number of carbonyl (C=O) groups excluding carboxylic acids is 1. The number of anilines is 1. The van der Waals surface area contributed by atoms with Crippen molar-refractivity contribution in [2.75, 3.05) is 38.2 Å². The van der Waals surface area contributed by atoms with Crippen LogP contribution in [0.5, 0.6) is 5.75 Å². The Balaban J connectivity index is 1.71. The zero-order valence-corrected chi connectivity index (χ0v) is 16.1. The van der Waals surface area contributed by atoms with Crippen molar-refractivity contribution in [1.29, 1.82) is 0 Å². The number of aromatic nitrogens is 2. The van der Waals surface area contributed by atoms with Crippen LogP contribution in [-0.4, -0.2) is 59.8 Å². The van der Waals surface area contributed by atoms with Gasteiger partial charge in [0, 0.05) is 38.4 Å². The minimum Gasteiger partial charge on any atom is -0.496 e. The summed E-state index contributed by atoms with van der Waals surface area (Å²) in [7, 11) is 3.50. The van der Waals surface area contributed by atoms with Gasteiger partial charge >= 0.3 is 0 Å². The Morgan fingerprint density at radius 3 is 2.81 bits per heavy atom. The van der Waals surface area contributed by atoms with Crippen LogP contribution in [0.25, 0.3) is 0 Å². The number of rotatable bonds is 5. The van der Waals surface area contributed by atoms with E-state index in [0.29, 0.717) is 19.6 Å². The van der Waals surface area contributed by atoms with E-state index in [1.807, 2.05) is 49.3 Å². The fourth-order valence-corrected chi connectivity index (χ4v) is 3.09. The predicted octanol–water partition coefficient (Wildman–Crippen LogP) is 1.24. The van der Waals surface area contributed by atoms with Gasteiger partial charge in [-0.15, -0.1) is 0 Å². The quantitative estimate of drug-likeness (QED) is 0.633. The number of piperazine rings is 1. The first-order valence-electron chi connectivity index (χ1n) is 9.06. The second-order valence-electron chi connectivity index (χ2n) is 6.32. The minimum absolute atomic E-state index is 0.0390. The van der Waals surface area contributed by atoms with Crippen LogP contribution < -0.4 is 15.0 Å². The zero-order valence-electron chi connectivity index (χ0n) is 16.1. The summed E-state index contributed by atoms with van der Waals surface area (Å²) in [5, 5.41) is 7.44. The Kier molecular flexibility index (Phi) is 5.95. The van der Waals surface area contributed by atoms with Gasteiger partial charge in [-0.1, -0.05) is 18.2 Å². The first kappa shape index (κ1) is 18.8. The Labute approximate surface area is 159 Å². The first-order chi connectivity index (χ1) is 13.1. The van der Waals surface area contributed by atoms with Gasteiger partial charge < -0.3 is 19.9 Å². The van der Waals surface area contributed by atoms with Crippen LogP contribution in [0.4, 0.5) is 5.69 Å². The number of hydrogen-bond acceptors (Lipinski definition) is 4. The van der Waals surface area contributed by atoms with E-state index in [0.717, 1.165) is 29.5 Å². The minimum atomic E-state index is 0.0390. The molecule has 3 rings (SSSR count). The first-order valence-corrected chi connectivity index (χ1v) is 9.06. The standard InChI is InChI=1S/C19H26N6O2/c1-4-20-19(21-11-15-7-5-6-8-17(15)27-3)24-9-10-25(18(26)14-24)16-12-22-23(2)13-16/h5-8,12-13H,4,9-11,14H2,1-3H3,(H,20,21). The summed E-state index contributed by atoms with van der Waals surface area (Å²) in [4.78, 5) is 21.1. The molecule has 8 nitrogen and oxygen atoms in total. The number of aliphatic imine (C=N–C) groups is 1. The molecule has 0 spiro atoms. The Hall–Kier alpha value is -3.03. The van der Waals surface area contributed by atoms with Crippen molar-refractivity contribution in [2.45, 2.75) is 13.5 Å². The second kappa shape index (κ2) is 8.57. The van der Waals surface area contributed by atoms with E-state index in [4.69, 9.17) is 9.73 Å². The van der Waals surface area contributed by atoms with E-state index in [1.165, 1.54) is 0 Å². The highest BCUT2D eigenvalue weighted by molar-refractivity contribution is 5.98. The van der Waals surface area contributed by atoms with Crippen LogP contribution in [-0.2, 0) is 18.4 Å². The molecule has 0 saturated carbocycles. The Bertz CT molecular complexity index is 816. The van der Waals surface area contributed by atoms with Crippen molar-refractivity contribution >= 4 is 17.6 Å². The third-order valence-corrected chi connectivity index (χ3v) is 4.45. The molecule has 1 fully saturated rings. The maximum atomic E-state index is 12.6. The molecule has 144 valence electrons. The van der Waals surface area contributed by atoms with Crippen molar-refractivity contribution in [2.24, 2.45) is 12.0 Å². The van der Waals surface area contributed by atoms with E-state index in [9.17, 15) is 4.79 Å². The van der Waals surface area contributed by atoms with Gasteiger partial charge in [0.2, 0.25) is 5.91 Å². The van der Waals surface area contributed by atoms with E-state index in [2.05, 4.69) is 10.4 Å². The summed E-state index contributed by atoms with van der Waals surface area (Å²) in [5.41, 5.74) is 1.84. The average Bonchev–Trinajstić information content (AvgIpc) is 3.11. The summed E-state index contributed by atoms with van der Waals surface area (Å²) in [6, 6.07) is 7.83. The summed E-state index contributed by atoms with van der Waals surface area (Å²) in [5.74, 6) is 1.59. The van der Waals surface area contributed by atoms with Gasteiger partial charge in [0.15, 0.2) is 5.96 Å². The summed E-state index contributed by atoms with van der Waals surface area (Å²) < 4.78 is 7.10. The maximum Gasteiger partial charge on any atom is 0.246 e. The molecule has 1 saturated heterocycles. The lowest BCUT2D eigenvalue weighted by molar-refractivity contribution is -0.120. The number of hydrogen-bond donors (Lipinski definition) is 1. The lowest BCUT2D eigenvalue weighted by atomic mass is 10.2. The van der Waals surface area contributed by atoms with Crippen LogP contribution in [0.15, 0.2) is 41.7 Å². The third kappa shape index (κ3) is 4.39. The number of guanidine groups is 1. The molecular weight excluding hydrogens is 344 g/mol. The maximum absolute atomic E-state index is 12.6. The molecule has 1 aliphatic heterocycles. The highest BCUT2D eigenvalue weighted by Crippen LogP contribution is 2.19. The Morgan fingerprint density at radius 2 is 2.15 bits per heavy atom. The number of ether oxygens (including phenoxy) is 1. The number of carbonyl (C=O) groups is 1.